The number of nitrogens with zero attached hydrogens (tertiary/aromatic N) is 3. The van der Waals surface area contributed by atoms with Gasteiger partial charge in [0.25, 0.3) is 0 Å². The van der Waals surface area contributed by atoms with Gasteiger partial charge in [0.15, 0.2) is 5.16 Å². The summed E-state index contributed by atoms with van der Waals surface area (Å²) >= 11 is 13.0. The van der Waals surface area contributed by atoms with E-state index in [4.69, 9.17) is 23.2 Å². The smallest absolute Gasteiger partial charge is 0.247 e. The van der Waals surface area contributed by atoms with Crippen molar-refractivity contribution in [2.75, 3.05) is 4.90 Å². The van der Waals surface area contributed by atoms with Gasteiger partial charge in [-0.1, -0.05) is 35.0 Å². The van der Waals surface area contributed by atoms with E-state index in [9.17, 15) is 9.59 Å². The minimum atomic E-state index is -0.543. The highest BCUT2D eigenvalue weighted by atomic mass is 35.5. The van der Waals surface area contributed by atoms with Gasteiger partial charge in [-0.15, -0.1) is 0 Å². The fraction of sp³-hybridized carbons (Fsp3) is 0.200. The van der Waals surface area contributed by atoms with E-state index in [2.05, 4.69) is 9.97 Å². The number of imide groups is 1. The fourth-order valence-electron chi connectivity index (χ4n) is 2.20. The summed E-state index contributed by atoms with van der Waals surface area (Å²) in [5.74, 6) is -0.581. The molecule has 2 amide bonds. The maximum absolute atomic E-state index is 12.6. The number of benzene rings is 1. The van der Waals surface area contributed by atoms with Crippen LogP contribution in [0.4, 0.5) is 5.69 Å². The number of aromatic nitrogens is 2. The van der Waals surface area contributed by atoms with Gasteiger partial charge >= 0.3 is 0 Å². The van der Waals surface area contributed by atoms with Crippen LogP contribution in [0.5, 0.6) is 0 Å². The lowest BCUT2D eigenvalue weighted by atomic mass is 10.3. The Bertz CT molecular complexity index is 800. The van der Waals surface area contributed by atoms with Crippen LogP contribution in [0.3, 0.4) is 0 Å². The van der Waals surface area contributed by atoms with Crippen LogP contribution < -0.4 is 4.90 Å². The number of hydrogen-bond donors (Lipinski definition) is 0. The van der Waals surface area contributed by atoms with E-state index in [0.717, 1.165) is 10.6 Å². The largest absolute Gasteiger partial charge is 0.274 e. The van der Waals surface area contributed by atoms with E-state index in [0.29, 0.717) is 20.9 Å². The summed E-state index contributed by atoms with van der Waals surface area (Å²) in [5, 5.41) is 0.599. The van der Waals surface area contributed by atoms with Gasteiger partial charge in [-0.2, -0.15) is 0 Å². The lowest BCUT2D eigenvalue weighted by molar-refractivity contribution is -0.121. The van der Waals surface area contributed by atoms with Crippen LogP contribution in [-0.2, 0) is 9.59 Å². The van der Waals surface area contributed by atoms with Crippen molar-refractivity contribution in [1.82, 2.24) is 9.97 Å². The van der Waals surface area contributed by atoms with Crippen molar-refractivity contribution in [1.29, 1.82) is 0 Å². The molecule has 3 rings (SSSR count). The normalized spacial score (nSPS) is 17.9. The molecule has 23 heavy (non-hydrogen) atoms. The summed E-state index contributed by atoms with van der Waals surface area (Å²) in [5.41, 5.74) is 1.23. The lowest BCUT2D eigenvalue weighted by Gasteiger charge is -2.15. The first-order valence-electron chi connectivity index (χ1n) is 6.74. The van der Waals surface area contributed by atoms with E-state index in [-0.39, 0.29) is 18.2 Å². The molecule has 1 aliphatic heterocycles. The Kier molecular flexibility index (Phi) is 4.57. The first-order chi connectivity index (χ1) is 11.0. The molecule has 0 aliphatic carbocycles. The molecule has 0 bridgehead atoms. The molecule has 0 N–H and O–H groups in total. The van der Waals surface area contributed by atoms with Crippen molar-refractivity contribution in [2.45, 2.75) is 23.8 Å². The molecule has 0 spiro atoms. The third kappa shape index (κ3) is 3.34. The second kappa shape index (κ2) is 6.47. The molecule has 1 aromatic carbocycles. The number of anilines is 1. The molecule has 0 unspecified atom stereocenters. The fourth-order valence-corrected chi connectivity index (χ4v) is 3.50. The SMILES string of the molecule is Cc1ccnc(S[C@H]2CC(=O)N(c3ccc(Cl)c(Cl)c3)C2=O)n1. The number of aryl methyl sites for hydroxylation is 1. The van der Waals surface area contributed by atoms with Gasteiger partial charge in [-0.05, 0) is 31.2 Å². The Morgan fingerprint density at radius 1 is 1.22 bits per heavy atom. The highest BCUT2D eigenvalue weighted by molar-refractivity contribution is 8.00. The lowest BCUT2D eigenvalue weighted by Crippen LogP contribution is -2.31. The quantitative estimate of drug-likeness (QED) is 0.613. The van der Waals surface area contributed by atoms with Crippen LogP contribution in [0.2, 0.25) is 10.0 Å². The van der Waals surface area contributed by atoms with Crippen molar-refractivity contribution >= 4 is 52.5 Å². The highest BCUT2D eigenvalue weighted by Gasteiger charge is 2.40. The zero-order chi connectivity index (χ0) is 16.6. The van der Waals surface area contributed by atoms with Crippen LogP contribution in [0.1, 0.15) is 12.1 Å². The van der Waals surface area contributed by atoms with Crippen molar-refractivity contribution in [3.05, 3.63) is 46.2 Å². The molecule has 0 saturated carbocycles. The van der Waals surface area contributed by atoms with Crippen molar-refractivity contribution in [3.8, 4) is 0 Å². The number of halogens is 2. The van der Waals surface area contributed by atoms with Crippen LogP contribution in [-0.4, -0.2) is 27.0 Å². The second-order valence-electron chi connectivity index (χ2n) is 4.96. The number of hydrogen-bond acceptors (Lipinski definition) is 5. The van der Waals surface area contributed by atoms with Gasteiger partial charge in [0.1, 0.15) is 5.25 Å². The van der Waals surface area contributed by atoms with E-state index < -0.39 is 5.25 Å². The molecule has 2 aromatic rings. The van der Waals surface area contributed by atoms with Crippen molar-refractivity contribution < 1.29 is 9.59 Å². The molecule has 0 radical (unpaired) electrons. The molecular weight excluding hydrogens is 357 g/mol. The van der Waals surface area contributed by atoms with Crippen LogP contribution in [0.15, 0.2) is 35.6 Å². The maximum atomic E-state index is 12.6. The van der Waals surface area contributed by atoms with E-state index in [1.165, 1.54) is 17.8 Å². The monoisotopic (exact) mass is 367 g/mol. The van der Waals surface area contributed by atoms with Crippen molar-refractivity contribution in [3.63, 3.8) is 0 Å². The zero-order valence-corrected chi connectivity index (χ0v) is 14.3. The molecule has 1 aromatic heterocycles. The summed E-state index contributed by atoms with van der Waals surface area (Å²) in [7, 11) is 0. The van der Waals surface area contributed by atoms with E-state index >= 15 is 0 Å². The average molecular weight is 368 g/mol. The van der Waals surface area contributed by atoms with Gasteiger partial charge in [0.05, 0.1) is 15.7 Å². The predicted molar refractivity (Wildman–Crippen MR) is 90.0 cm³/mol. The Morgan fingerprint density at radius 3 is 2.70 bits per heavy atom. The Balaban J connectivity index is 1.83. The summed E-state index contributed by atoms with van der Waals surface area (Å²) in [4.78, 5) is 34.3. The summed E-state index contributed by atoms with van der Waals surface area (Å²) < 4.78 is 0. The molecule has 1 saturated heterocycles. The highest BCUT2D eigenvalue weighted by Crippen LogP contribution is 2.34. The minimum absolute atomic E-state index is 0.0983. The molecular formula is C15H11Cl2N3O2S. The van der Waals surface area contributed by atoms with Crippen LogP contribution >= 0.6 is 35.0 Å². The maximum Gasteiger partial charge on any atom is 0.247 e. The molecule has 2 heterocycles. The summed E-state index contributed by atoms with van der Waals surface area (Å²) in [6, 6.07) is 6.44. The third-order valence-corrected chi connectivity index (χ3v) is 5.09. The molecule has 1 aliphatic rings. The van der Waals surface area contributed by atoms with E-state index in [1.54, 1.807) is 24.4 Å². The molecule has 1 atom stereocenters. The number of amides is 2. The molecule has 1 fully saturated rings. The average Bonchev–Trinajstić information content (AvgIpc) is 2.77. The van der Waals surface area contributed by atoms with Gasteiger partial charge in [0.2, 0.25) is 11.8 Å². The summed E-state index contributed by atoms with van der Waals surface area (Å²) in [6.07, 6.45) is 1.73. The second-order valence-corrected chi connectivity index (χ2v) is 6.94. The number of carbonyl (C=O) groups excluding carboxylic acids is 2. The minimum Gasteiger partial charge on any atom is -0.274 e. The molecule has 5 nitrogen and oxygen atoms in total. The first kappa shape index (κ1) is 16.2. The Morgan fingerprint density at radius 2 is 2.00 bits per heavy atom. The topological polar surface area (TPSA) is 63.2 Å². The Labute approximate surface area is 147 Å². The predicted octanol–water partition coefficient (Wildman–Crippen LogP) is 3.52. The zero-order valence-electron chi connectivity index (χ0n) is 12.0. The van der Waals surface area contributed by atoms with Gasteiger partial charge in [-0.25, -0.2) is 14.9 Å². The number of carbonyl (C=O) groups is 2. The number of rotatable bonds is 3. The van der Waals surface area contributed by atoms with Crippen molar-refractivity contribution in [2.24, 2.45) is 0 Å². The van der Waals surface area contributed by atoms with Crippen LogP contribution in [0, 0.1) is 6.92 Å². The molecule has 8 heteroatoms. The first-order valence-corrected chi connectivity index (χ1v) is 8.37. The van der Waals surface area contributed by atoms with E-state index in [1.807, 2.05) is 6.92 Å². The third-order valence-electron chi connectivity index (χ3n) is 3.29. The number of thioether (sulfide) groups is 1. The Hall–Kier alpha value is -1.63. The standard InChI is InChI=1S/C15H11Cl2N3O2S/c1-8-4-5-18-15(19-8)23-12-7-13(21)20(14(12)22)9-2-3-10(16)11(17)6-9/h2-6,12H,7H2,1H3/t12-/m0/s1. The van der Waals surface area contributed by atoms with Gasteiger partial charge in [0, 0.05) is 18.3 Å². The van der Waals surface area contributed by atoms with Gasteiger partial charge < -0.3 is 0 Å². The summed E-state index contributed by atoms with van der Waals surface area (Å²) in [6.45, 7) is 1.84. The van der Waals surface area contributed by atoms with Gasteiger partial charge in [-0.3, -0.25) is 9.59 Å². The molecule has 118 valence electrons. The van der Waals surface area contributed by atoms with Crippen LogP contribution in [0.25, 0.3) is 0 Å².